The molecule has 1 aliphatic heterocycles. The highest BCUT2D eigenvalue weighted by atomic mass is 16.5. The molecule has 2 amide bonds. The first-order valence-electron chi connectivity index (χ1n) is 10.1. The minimum atomic E-state index is -0.185. The molecular formula is C23H24N4O3. The molecule has 2 N–H and O–H groups in total. The standard InChI is InChI=1S/C23H24N4O3/c28-21(25-18-9-5-2-6-10-18)16-27-13-11-19(12-14-27)26-23(29)20-15-24-30-22(20)17-7-3-1-4-8-17/h1-10,15,19H,11-14,16H2,(H,25,28)(H,26,29). The Labute approximate surface area is 175 Å². The highest BCUT2D eigenvalue weighted by Crippen LogP contribution is 2.23. The zero-order chi connectivity index (χ0) is 20.8. The Hall–Kier alpha value is -3.45. The SMILES string of the molecule is O=C(CN1CCC(NC(=O)c2cnoc2-c2ccccc2)CC1)Nc1ccccc1. The summed E-state index contributed by atoms with van der Waals surface area (Å²) in [6.07, 6.45) is 3.04. The number of aromatic nitrogens is 1. The minimum absolute atomic E-state index is 0.0272. The first kappa shape index (κ1) is 19.8. The molecule has 1 aromatic heterocycles. The number of anilines is 1. The van der Waals surface area contributed by atoms with Crippen LogP contribution in [0.15, 0.2) is 71.4 Å². The summed E-state index contributed by atoms with van der Waals surface area (Å²) in [4.78, 5) is 27.1. The van der Waals surface area contributed by atoms with E-state index in [2.05, 4.69) is 20.7 Å². The van der Waals surface area contributed by atoms with Crippen molar-refractivity contribution < 1.29 is 14.1 Å². The van der Waals surface area contributed by atoms with E-state index in [1.165, 1.54) is 6.20 Å². The van der Waals surface area contributed by atoms with Crippen LogP contribution in [0.1, 0.15) is 23.2 Å². The maximum Gasteiger partial charge on any atom is 0.257 e. The van der Waals surface area contributed by atoms with Gasteiger partial charge in [-0.25, -0.2) is 0 Å². The molecule has 2 heterocycles. The second kappa shape index (κ2) is 9.37. The number of likely N-dealkylation sites (tertiary alicyclic amines) is 1. The van der Waals surface area contributed by atoms with E-state index in [-0.39, 0.29) is 17.9 Å². The molecule has 0 aliphatic carbocycles. The number of hydrogen-bond acceptors (Lipinski definition) is 5. The van der Waals surface area contributed by atoms with Gasteiger partial charge in [-0.2, -0.15) is 0 Å². The third-order valence-corrected chi connectivity index (χ3v) is 5.20. The fourth-order valence-electron chi connectivity index (χ4n) is 3.62. The molecule has 1 fully saturated rings. The monoisotopic (exact) mass is 404 g/mol. The maximum atomic E-state index is 12.7. The summed E-state index contributed by atoms with van der Waals surface area (Å²) in [5, 5.41) is 9.79. The summed E-state index contributed by atoms with van der Waals surface area (Å²) in [6, 6.07) is 19.0. The van der Waals surface area contributed by atoms with E-state index in [4.69, 9.17) is 4.52 Å². The number of nitrogens with one attached hydrogen (secondary N) is 2. The van der Waals surface area contributed by atoms with Crippen molar-refractivity contribution in [2.75, 3.05) is 25.0 Å². The van der Waals surface area contributed by atoms with Gasteiger partial charge >= 0.3 is 0 Å². The lowest BCUT2D eigenvalue weighted by Crippen LogP contribution is -2.46. The van der Waals surface area contributed by atoms with Crippen LogP contribution >= 0.6 is 0 Å². The first-order valence-corrected chi connectivity index (χ1v) is 10.1. The molecular weight excluding hydrogens is 380 g/mol. The number of para-hydroxylation sites is 1. The average molecular weight is 404 g/mol. The predicted molar refractivity (Wildman–Crippen MR) is 114 cm³/mol. The van der Waals surface area contributed by atoms with Crippen molar-refractivity contribution >= 4 is 17.5 Å². The molecule has 0 bridgehead atoms. The molecule has 0 radical (unpaired) electrons. The molecule has 7 heteroatoms. The van der Waals surface area contributed by atoms with Crippen molar-refractivity contribution in [3.63, 3.8) is 0 Å². The normalized spacial score (nSPS) is 14.9. The number of carbonyl (C=O) groups is 2. The summed E-state index contributed by atoms with van der Waals surface area (Å²) < 4.78 is 5.31. The quantitative estimate of drug-likeness (QED) is 0.659. The van der Waals surface area contributed by atoms with Crippen molar-refractivity contribution in [1.29, 1.82) is 0 Å². The smallest absolute Gasteiger partial charge is 0.257 e. The van der Waals surface area contributed by atoms with Crippen LogP contribution < -0.4 is 10.6 Å². The average Bonchev–Trinajstić information content (AvgIpc) is 3.27. The minimum Gasteiger partial charge on any atom is -0.355 e. The van der Waals surface area contributed by atoms with E-state index in [1.807, 2.05) is 60.7 Å². The van der Waals surface area contributed by atoms with Gasteiger partial charge in [0, 0.05) is 30.4 Å². The number of benzene rings is 2. The van der Waals surface area contributed by atoms with Crippen molar-refractivity contribution in [3.8, 4) is 11.3 Å². The Morgan fingerprint density at radius 2 is 1.67 bits per heavy atom. The molecule has 0 spiro atoms. The molecule has 154 valence electrons. The van der Waals surface area contributed by atoms with Gasteiger partial charge in [-0.1, -0.05) is 53.7 Å². The Morgan fingerprint density at radius 1 is 1.00 bits per heavy atom. The van der Waals surface area contributed by atoms with E-state index in [9.17, 15) is 9.59 Å². The van der Waals surface area contributed by atoms with Crippen LogP contribution in [-0.2, 0) is 4.79 Å². The van der Waals surface area contributed by atoms with Gasteiger partial charge in [0.25, 0.3) is 5.91 Å². The summed E-state index contributed by atoms with van der Waals surface area (Å²) in [7, 11) is 0. The van der Waals surface area contributed by atoms with E-state index < -0.39 is 0 Å². The van der Waals surface area contributed by atoms with Gasteiger partial charge in [0.15, 0.2) is 5.76 Å². The number of rotatable bonds is 6. The van der Waals surface area contributed by atoms with Gasteiger partial charge in [-0.15, -0.1) is 0 Å². The molecule has 3 aromatic rings. The van der Waals surface area contributed by atoms with Crippen LogP contribution in [0.3, 0.4) is 0 Å². The highest BCUT2D eigenvalue weighted by Gasteiger charge is 2.25. The molecule has 4 rings (SSSR count). The van der Waals surface area contributed by atoms with Gasteiger partial charge in [0.2, 0.25) is 5.91 Å². The number of nitrogens with zero attached hydrogens (tertiary/aromatic N) is 2. The molecule has 1 saturated heterocycles. The van der Waals surface area contributed by atoms with Gasteiger partial charge < -0.3 is 15.2 Å². The molecule has 2 aromatic carbocycles. The van der Waals surface area contributed by atoms with Crippen molar-refractivity contribution in [2.24, 2.45) is 0 Å². The summed E-state index contributed by atoms with van der Waals surface area (Å²) in [6.45, 7) is 1.85. The second-order valence-electron chi connectivity index (χ2n) is 7.37. The second-order valence-corrected chi connectivity index (χ2v) is 7.37. The summed E-state index contributed by atoms with van der Waals surface area (Å²) in [5.74, 6) is 0.263. The van der Waals surface area contributed by atoms with Gasteiger partial charge in [0.05, 0.1) is 12.7 Å². The third-order valence-electron chi connectivity index (χ3n) is 5.20. The number of carbonyl (C=O) groups excluding carboxylic acids is 2. The zero-order valence-electron chi connectivity index (χ0n) is 16.6. The molecule has 1 aliphatic rings. The van der Waals surface area contributed by atoms with Crippen LogP contribution in [0, 0.1) is 0 Å². The lowest BCUT2D eigenvalue weighted by molar-refractivity contribution is -0.117. The molecule has 7 nitrogen and oxygen atoms in total. The number of piperidine rings is 1. The first-order chi connectivity index (χ1) is 14.7. The summed E-state index contributed by atoms with van der Waals surface area (Å²) >= 11 is 0. The lowest BCUT2D eigenvalue weighted by atomic mass is 10.0. The van der Waals surface area contributed by atoms with Crippen LogP contribution in [0.25, 0.3) is 11.3 Å². The van der Waals surface area contributed by atoms with Crippen molar-refractivity contribution in [2.45, 2.75) is 18.9 Å². The fraction of sp³-hybridized carbons (Fsp3) is 0.261. The van der Waals surface area contributed by atoms with Crippen LogP contribution in [-0.4, -0.2) is 47.5 Å². The van der Waals surface area contributed by atoms with Gasteiger partial charge in [-0.05, 0) is 25.0 Å². The lowest BCUT2D eigenvalue weighted by Gasteiger charge is -2.31. The van der Waals surface area contributed by atoms with E-state index in [0.717, 1.165) is 37.2 Å². The van der Waals surface area contributed by atoms with Gasteiger partial charge in [-0.3, -0.25) is 14.5 Å². The van der Waals surface area contributed by atoms with Gasteiger partial charge in [0.1, 0.15) is 5.56 Å². The number of hydrogen-bond donors (Lipinski definition) is 2. The van der Waals surface area contributed by atoms with Crippen LogP contribution in [0.5, 0.6) is 0 Å². The Balaban J connectivity index is 1.27. The zero-order valence-corrected chi connectivity index (χ0v) is 16.6. The largest absolute Gasteiger partial charge is 0.355 e. The van der Waals surface area contributed by atoms with Crippen molar-refractivity contribution in [3.05, 3.63) is 72.4 Å². The molecule has 0 unspecified atom stereocenters. The molecule has 0 atom stereocenters. The van der Waals surface area contributed by atoms with Crippen LogP contribution in [0.2, 0.25) is 0 Å². The predicted octanol–water partition coefficient (Wildman–Crippen LogP) is 3.17. The highest BCUT2D eigenvalue weighted by molar-refractivity contribution is 5.99. The van der Waals surface area contributed by atoms with Crippen molar-refractivity contribution in [1.82, 2.24) is 15.4 Å². The maximum absolute atomic E-state index is 12.7. The van der Waals surface area contributed by atoms with E-state index in [1.54, 1.807) is 0 Å². The number of amides is 2. The van der Waals surface area contributed by atoms with E-state index >= 15 is 0 Å². The third kappa shape index (κ3) is 4.93. The Bertz CT molecular complexity index is 980. The Kier molecular flexibility index (Phi) is 6.20. The Morgan fingerprint density at radius 3 is 2.37 bits per heavy atom. The molecule has 30 heavy (non-hydrogen) atoms. The van der Waals surface area contributed by atoms with Crippen LogP contribution in [0.4, 0.5) is 5.69 Å². The molecule has 0 saturated carbocycles. The van der Waals surface area contributed by atoms with E-state index in [0.29, 0.717) is 17.9 Å². The topological polar surface area (TPSA) is 87.5 Å². The summed E-state index contributed by atoms with van der Waals surface area (Å²) in [5.41, 5.74) is 2.05. The fourth-order valence-corrected chi connectivity index (χ4v) is 3.62.